The van der Waals surface area contributed by atoms with Gasteiger partial charge in [0.1, 0.15) is 30.3 Å². The van der Waals surface area contributed by atoms with Crippen molar-refractivity contribution in [2.45, 2.75) is 32.2 Å². The van der Waals surface area contributed by atoms with Crippen LogP contribution in [0.5, 0.6) is 0 Å². The SMILES string of the molecule is c1ccc(CCNc2nc(C[NH+]3CCOCC3)nc3sc4c(c23)CCC4)nc1. The van der Waals surface area contributed by atoms with Crippen LogP contribution < -0.4 is 10.2 Å². The Balaban J connectivity index is 1.40. The van der Waals surface area contributed by atoms with Gasteiger partial charge in [0, 0.05) is 29.7 Å². The number of quaternary nitrogens is 1. The van der Waals surface area contributed by atoms with Gasteiger partial charge in [-0.15, -0.1) is 11.3 Å². The number of aryl methyl sites for hydroxylation is 2. The van der Waals surface area contributed by atoms with Crippen LogP contribution in [0.3, 0.4) is 0 Å². The number of nitrogens with one attached hydrogen (secondary N) is 2. The fraction of sp³-hybridized carbons (Fsp3) is 0.476. The van der Waals surface area contributed by atoms with E-state index in [1.54, 1.807) is 0 Å². The van der Waals surface area contributed by atoms with E-state index >= 15 is 0 Å². The Morgan fingerprint density at radius 1 is 1.14 bits per heavy atom. The van der Waals surface area contributed by atoms with Gasteiger partial charge in [-0.05, 0) is 37.0 Å². The second kappa shape index (κ2) is 8.11. The van der Waals surface area contributed by atoms with E-state index in [0.29, 0.717) is 0 Å². The van der Waals surface area contributed by atoms with Gasteiger partial charge in [0.15, 0.2) is 5.82 Å². The molecule has 1 aliphatic heterocycles. The molecule has 5 rings (SSSR count). The average Bonchev–Trinajstić information content (AvgIpc) is 3.30. The van der Waals surface area contributed by atoms with E-state index in [-0.39, 0.29) is 0 Å². The van der Waals surface area contributed by atoms with Crippen LogP contribution in [0.4, 0.5) is 5.82 Å². The van der Waals surface area contributed by atoms with E-state index in [0.717, 1.165) is 74.4 Å². The highest BCUT2D eigenvalue weighted by molar-refractivity contribution is 7.19. The lowest BCUT2D eigenvalue weighted by atomic mass is 10.2. The zero-order chi connectivity index (χ0) is 18.8. The molecular weight excluding hydrogens is 370 g/mol. The fourth-order valence-electron chi connectivity index (χ4n) is 4.16. The lowest BCUT2D eigenvalue weighted by Crippen LogP contribution is -3.12. The van der Waals surface area contributed by atoms with E-state index in [2.05, 4.69) is 16.4 Å². The van der Waals surface area contributed by atoms with Crippen LogP contribution in [-0.4, -0.2) is 47.8 Å². The van der Waals surface area contributed by atoms with Gasteiger partial charge in [-0.1, -0.05) is 6.07 Å². The number of ether oxygens (including phenoxy) is 1. The molecule has 2 N–H and O–H groups in total. The number of nitrogens with zero attached hydrogens (tertiary/aromatic N) is 3. The molecule has 0 atom stereocenters. The second-order valence-corrected chi connectivity index (χ2v) is 8.65. The van der Waals surface area contributed by atoms with Crippen molar-refractivity contribution in [1.29, 1.82) is 0 Å². The van der Waals surface area contributed by atoms with Crippen molar-refractivity contribution in [1.82, 2.24) is 15.0 Å². The van der Waals surface area contributed by atoms with E-state index in [1.165, 1.54) is 33.6 Å². The Bertz CT molecular complexity index is 952. The first-order valence-electron chi connectivity index (χ1n) is 10.2. The number of fused-ring (bicyclic) bond motifs is 3. The molecule has 3 aromatic heterocycles. The number of hydrogen-bond donors (Lipinski definition) is 2. The number of hydrogen-bond acceptors (Lipinski definition) is 6. The number of morpholine rings is 1. The Morgan fingerprint density at radius 2 is 2.07 bits per heavy atom. The average molecular weight is 397 g/mol. The predicted octanol–water partition coefficient (Wildman–Crippen LogP) is 1.64. The first kappa shape index (κ1) is 18.0. The highest BCUT2D eigenvalue weighted by atomic mass is 32.1. The number of pyridine rings is 1. The third kappa shape index (κ3) is 3.74. The molecule has 0 amide bonds. The quantitative estimate of drug-likeness (QED) is 0.663. The molecule has 6 nitrogen and oxygen atoms in total. The summed E-state index contributed by atoms with van der Waals surface area (Å²) in [7, 11) is 0. The Morgan fingerprint density at radius 3 is 2.93 bits per heavy atom. The topological polar surface area (TPSA) is 64.4 Å². The summed E-state index contributed by atoms with van der Waals surface area (Å²) in [4.78, 5) is 18.5. The van der Waals surface area contributed by atoms with Gasteiger partial charge in [-0.25, -0.2) is 9.97 Å². The summed E-state index contributed by atoms with van der Waals surface area (Å²) in [5, 5.41) is 4.87. The summed E-state index contributed by atoms with van der Waals surface area (Å²) in [5.41, 5.74) is 2.58. The minimum atomic E-state index is 0.831. The molecule has 4 heterocycles. The molecule has 0 unspecified atom stereocenters. The maximum Gasteiger partial charge on any atom is 0.187 e. The van der Waals surface area contributed by atoms with E-state index in [1.807, 2.05) is 29.7 Å². The molecule has 0 aromatic carbocycles. The summed E-state index contributed by atoms with van der Waals surface area (Å²) < 4.78 is 5.49. The van der Waals surface area contributed by atoms with Gasteiger partial charge in [-0.3, -0.25) is 4.98 Å². The minimum Gasteiger partial charge on any atom is -0.370 e. The van der Waals surface area contributed by atoms with Crippen molar-refractivity contribution in [3.05, 3.63) is 46.4 Å². The maximum absolute atomic E-state index is 5.49. The Labute approximate surface area is 169 Å². The highest BCUT2D eigenvalue weighted by Crippen LogP contribution is 2.39. The monoisotopic (exact) mass is 396 g/mol. The molecule has 0 radical (unpaired) electrons. The molecule has 146 valence electrons. The van der Waals surface area contributed by atoms with E-state index in [9.17, 15) is 0 Å². The van der Waals surface area contributed by atoms with Gasteiger partial charge in [0.2, 0.25) is 0 Å². The number of aromatic nitrogens is 3. The molecule has 1 fully saturated rings. The summed E-state index contributed by atoms with van der Waals surface area (Å²) in [6.45, 7) is 5.43. The standard InChI is InChI=1S/C21H25N5OS/c1-2-8-22-15(4-1)7-9-23-20-19-16-5-3-6-17(16)28-21(19)25-18(24-20)14-26-10-12-27-13-11-26/h1-2,4,8H,3,5-7,9-14H2,(H,23,24,25)/p+1. The van der Waals surface area contributed by atoms with Crippen LogP contribution in [0.2, 0.25) is 0 Å². The molecular formula is C21H26N5OS+. The smallest absolute Gasteiger partial charge is 0.187 e. The Hall–Kier alpha value is -2.09. The van der Waals surface area contributed by atoms with E-state index in [4.69, 9.17) is 14.7 Å². The van der Waals surface area contributed by atoms with Crippen molar-refractivity contribution >= 4 is 27.4 Å². The zero-order valence-corrected chi connectivity index (χ0v) is 16.9. The van der Waals surface area contributed by atoms with E-state index < -0.39 is 0 Å². The summed E-state index contributed by atoms with van der Waals surface area (Å²) in [5.74, 6) is 1.97. The third-order valence-corrected chi connectivity index (χ3v) is 6.80. The van der Waals surface area contributed by atoms with Crippen LogP contribution in [0.15, 0.2) is 24.4 Å². The highest BCUT2D eigenvalue weighted by Gasteiger charge is 2.24. The predicted molar refractivity (Wildman–Crippen MR) is 111 cm³/mol. The van der Waals surface area contributed by atoms with Crippen LogP contribution in [0.1, 0.15) is 28.4 Å². The van der Waals surface area contributed by atoms with Crippen molar-refractivity contribution in [2.75, 3.05) is 38.2 Å². The summed E-state index contributed by atoms with van der Waals surface area (Å²) in [6, 6.07) is 6.08. The van der Waals surface area contributed by atoms with Gasteiger partial charge in [0.05, 0.1) is 18.6 Å². The number of rotatable bonds is 6. The number of anilines is 1. The van der Waals surface area contributed by atoms with Crippen molar-refractivity contribution < 1.29 is 9.64 Å². The molecule has 2 aliphatic rings. The third-order valence-electron chi connectivity index (χ3n) is 5.62. The molecule has 0 saturated carbocycles. The molecule has 28 heavy (non-hydrogen) atoms. The second-order valence-electron chi connectivity index (χ2n) is 7.56. The molecule has 0 spiro atoms. The van der Waals surface area contributed by atoms with Crippen molar-refractivity contribution in [2.24, 2.45) is 0 Å². The van der Waals surface area contributed by atoms with Crippen LogP contribution in [-0.2, 0) is 30.5 Å². The molecule has 0 bridgehead atoms. The normalized spacial score (nSPS) is 17.1. The molecule has 1 saturated heterocycles. The van der Waals surface area contributed by atoms with Gasteiger partial charge >= 0.3 is 0 Å². The lowest BCUT2D eigenvalue weighted by Gasteiger charge is -2.23. The molecule has 7 heteroatoms. The van der Waals surface area contributed by atoms with Crippen molar-refractivity contribution in [3.63, 3.8) is 0 Å². The molecule has 3 aromatic rings. The van der Waals surface area contributed by atoms with Gasteiger partial charge in [-0.2, -0.15) is 0 Å². The summed E-state index contributed by atoms with van der Waals surface area (Å²) in [6.07, 6.45) is 6.34. The Kier molecular flexibility index (Phi) is 5.20. The van der Waals surface area contributed by atoms with Crippen molar-refractivity contribution in [3.8, 4) is 0 Å². The first-order valence-corrected chi connectivity index (χ1v) is 11.0. The zero-order valence-electron chi connectivity index (χ0n) is 16.0. The maximum atomic E-state index is 5.49. The van der Waals surface area contributed by atoms with Crippen LogP contribution in [0, 0.1) is 0 Å². The fourth-order valence-corrected chi connectivity index (χ4v) is 5.44. The minimum absolute atomic E-state index is 0.831. The molecule has 1 aliphatic carbocycles. The van der Waals surface area contributed by atoms with Gasteiger partial charge in [0.25, 0.3) is 0 Å². The lowest BCUT2D eigenvalue weighted by molar-refractivity contribution is -0.922. The van der Waals surface area contributed by atoms with Gasteiger partial charge < -0.3 is 15.0 Å². The number of thiophene rings is 1. The van der Waals surface area contributed by atoms with Crippen LogP contribution in [0.25, 0.3) is 10.2 Å². The largest absolute Gasteiger partial charge is 0.370 e. The van der Waals surface area contributed by atoms with Crippen LogP contribution >= 0.6 is 11.3 Å². The summed E-state index contributed by atoms with van der Waals surface area (Å²) >= 11 is 1.87. The first-order chi connectivity index (χ1) is 13.9.